The Bertz CT molecular complexity index is 330. The first-order valence-electron chi connectivity index (χ1n) is 7.39. The van der Waals surface area contributed by atoms with Crippen LogP contribution in [0.15, 0.2) is 0 Å². The fourth-order valence-electron chi connectivity index (χ4n) is 3.82. The molecule has 2 aliphatic rings. The van der Waals surface area contributed by atoms with E-state index in [9.17, 15) is 5.11 Å². The summed E-state index contributed by atoms with van der Waals surface area (Å²) in [7, 11) is 4.25. The monoisotopic (exact) mass is 270 g/mol. The van der Waals surface area contributed by atoms with Gasteiger partial charge in [-0.25, -0.2) is 0 Å². The highest BCUT2D eigenvalue weighted by atomic mass is 16.5. The maximum Gasteiger partial charge on any atom is 0.0764 e. The van der Waals surface area contributed by atoms with Crippen molar-refractivity contribution in [3.8, 4) is 0 Å². The Morgan fingerprint density at radius 2 is 1.79 bits per heavy atom. The van der Waals surface area contributed by atoms with E-state index in [1.54, 1.807) is 0 Å². The molecule has 0 amide bonds. The molecule has 4 heteroatoms. The normalized spacial score (nSPS) is 37.4. The van der Waals surface area contributed by atoms with E-state index in [-0.39, 0.29) is 29.3 Å². The zero-order chi connectivity index (χ0) is 14.4. The largest absolute Gasteiger partial charge is 0.391 e. The Hall–Kier alpha value is -0.160. The van der Waals surface area contributed by atoms with Gasteiger partial charge >= 0.3 is 0 Å². The SMILES string of the molecule is CN1CCN(C)C(C(O)C2CC(C)(C)OC2(C)C)C1. The van der Waals surface area contributed by atoms with Crippen molar-refractivity contribution in [3.05, 3.63) is 0 Å². The number of likely N-dealkylation sites (N-methyl/N-ethyl adjacent to an activating group) is 2. The van der Waals surface area contributed by atoms with E-state index in [4.69, 9.17) is 4.74 Å². The molecule has 2 rings (SSSR count). The maximum atomic E-state index is 10.9. The third-order valence-electron chi connectivity index (χ3n) is 4.85. The summed E-state index contributed by atoms with van der Waals surface area (Å²) in [4.78, 5) is 4.61. The minimum absolute atomic E-state index is 0.131. The molecule has 0 bridgehead atoms. The number of ether oxygens (including phenoxy) is 1. The number of aliphatic hydroxyl groups excluding tert-OH is 1. The lowest BCUT2D eigenvalue weighted by Gasteiger charge is -2.43. The number of aliphatic hydroxyl groups is 1. The van der Waals surface area contributed by atoms with Gasteiger partial charge in [-0.3, -0.25) is 4.90 Å². The van der Waals surface area contributed by atoms with Gasteiger partial charge in [0.15, 0.2) is 0 Å². The Labute approximate surface area is 117 Å². The third kappa shape index (κ3) is 3.13. The average Bonchev–Trinajstić information content (AvgIpc) is 2.49. The van der Waals surface area contributed by atoms with Crippen LogP contribution in [0.25, 0.3) is 0 Å². The van der Waals surface area contributed by atoms with Crippen LogP contribution >= 0.6 is 0 Å². The molecule has 112 valence electrons. The van der Waals surface area contributed by atoms with E-state index >= 15 is 0 Å². The van der Waals surface area contributed by atoms with Gasteiger partial charge in [-0.05, 0) is 48.2 Å². The lowest BCUT2D eigenvalue weighted by molar-refractivity contribution is -0.100. The van der Waals surface area contributed by atoms with Crippen LogP contribution in [0.2, 0.25) is 0 Å². The van der Waals surface area contributed by atoms with Crippen LogP contribution in [0, 0.1) is 5.92 Å². The van der Waals surface area contributed by atoms with Crippen LogP contribution in [0.4, 0.5) is 0 Å². The first-order valence-corrected chi connectivity index (χ1v) is 7.39. The lowest BCUT2D eigenvalue weighted by atomic mass is 9.79. The van der Waals surface area contributed by atoms with Crippen LogP contribution in [0.3, 0.4) is 0 Å². The van der Waals surface area contributed by atoms with E-state index in [2.05, 4.69) is 51.6 Å². The van der Waals surface area contributed by atoms with Crippen LogP contribution < -0.4 is 0 Å². The standard InChI is InChI=1S/C15H30N2O2/c1-14(2)9-11(15(3,4)19-14)13(18)12-10-16(5)7-8-17(12)6/h11-13,18H,7-10H2,1-6H3. The molecule has 3 unspecified atom stereocenters. The molecule has 0 aromatic rings. The van der Waals surface area contributed by atoms with Crippen LogP contribution in [0.1, 0.15) is 34.1 Å². The van der Waals surface area contributed by atoms with E-state index in [1.807, 2.05) is 0 Å². The predicted molar refractivity (Wildman–Crippen MR) is 77.3 cm³/mol. The average molecular weight is 270 g/mol. The number of rotatable bonds is 2. The number of piperazine rings is 1. The molecule has 0 aromatic heterocycles. The molecule has 0 aromatic carbocycles. The highest BCUT2D eigenvalue weighted by Crippen LogP contribution is 2.44. The summed E-state index contributed by atoms with van der Waals surface area (Å²) in [5.41, 5.74) is -0.381. The summed E-state index contributed by atoms with van der Waals surface area (Å²) >= 11 is 0. The summed E-state index contributed by atoms with van der Waals surface area (Å²) in [6.07, 6.45) is 0.597. The molecule has 19 heavy (non-hydrogen) atoms. The molecule has 2 aliphatic heterocycles. The van der Waals surface area contributed by atoms with Gasteiger partial charge in [0.05, 0.1) is 17.3 Å². The molecule has 0 aliphatic carbocycles. The smallest absolute Gasteiger partial charge is 0.0764 e. The Morgan fingerprint density at radius 3 is 2.32 bits per heavy atom. The van der Waals surface area contributed by atoms with Crippen molar-refractivity contribution < 1.29 is 9.84 Å². The lowest BCUT2D eigenvalue weighted by Crippen LogP contribution is -2.58. The van der Waals surface area contributed by atoms with Crippen molar-refractivity contribution in [1.29, 1.82) is 0 Å². The highest BCUT2D eigenvalue weighted by molar-refractivity contribution is 5.01. The minimum atomic E-state index is -0.329. The van der Waals surface area contributed by atoms with Gasteiger partial charge in [-0.2, -0.15) is 0 Å². The second-order valence-electron chi connectivity index (χ2n) is 7.58. The number of nitrogens with zero attached hydrogens (tertiary/aromatic N) is 2. The Kier molecular flexibility index (Phi) is 4.00. The minimum Gasteiger partial charge on any atom is -0.391 e. The molecule has 0 radical (unpaired) electrons. The van der Waals surface area contributed by atoms with Crippen molar-refractivity contribution in [1.82, 2.24) is 9.80 Å². The summed E-state index contributed by atoms with van der Waals surface area (Å²) in [6.45, 7) is 11.5. The molecule has 4 nitrogen and oxygen atoms in total. The van der Waals surface area contributed by atoms with Gasteiger partial charge in [0.2, 0.25) is 0 Å². The van der Waals surface area contributed by atoms with Crippen molar-refractivity contribution >= 4 is 0 Å². The second kappa shape index (κ2) is 4.99. The molecular weight excluding hydrogens is 240 g/mol. The predicted octanol–water partition coefficient (Wildman–Crippen LogP) is 1.19. The van der Waals surface area contributed by atoms with Gasteiger partial charge in [0.25, 0.3) is 0 Å². The van der Waals surface area contributed by atoms with Crippen molar-refractivity contribution in [3.63, 3.8) is 0 Å². The Morgan fingerprint density at radius 1 is 1.16 bits per heavy atom. The zero-order valence-corrected chi connectivity index (χ0v) is 13.3. The molecule has 1 N–H and O–H groups in total. The number of hydrogen-bond acceptors (Lipinski definition) is 4. The van der Waals surface area contributed by atoms with Gasteiger partial charge in [0, 0.05) is 31.6 Å². The van der Waals surface area contributed by atoms with E-state index < -0.39 is 0 Å². The molecule has 2 heterocycles. The van der Waals surface area contributed by atoms with E-state index in [0.29, 0.717) is 0 Å². The van der Waals surface area contributed by atoms with E-state index in [0.717, 1.165) is 26.1 Å². The van der Waals surface area contributed by atoms with Crippen molar-refractivity contribution in [2.45, 2.75) is 57.5 Å². The first kappa shape index (κ1) is 15.2. The van der Waals surface area contributed by atoms with Gasteiger partial charge < -0.3 is 14.7 Å². The summed E-state index contributed by atoms with van der Waals surface area (Å²) < 4.78 is 6.13. The summed E-state index contributed by atoms with van der Waals surface area (Å²) in [5, 5.41) is 10.9. The number of hydrogen-bond donors (Lipinski definition) is 1. The quantitative estimate of drug-likeness (QED) is 0.817. The second-order valence-corrected chi connectivity index (χ2v) is 7.58. The van der Waals surface area contributed by atoms with Crippen molar-refractivity contribution in [2.75, 3.05) is 33.7 Å². The molecule has 2 saturated heterocycles. The first-order chi connectivity index (χ1) is 8.62. The Balaban J connectivity index is 2.12. The van der Waals surface area contributed by atoms with Crippen molar-refractivity contribution in [2.24, 2.45) is 5.92 Å². The van der Waals surface area contributed by atoms with Crippen LogP contribution in [-0.4, -0.2) is 72.0 Å². The summed E-state index contributed by atoms with van der Waals surface area (Å²) in [5.74, 6) is 0.196. The zero-order valence-electron chi connectivity index (χ0n) is 13.3. The van der Waals surface area contributed by atoms with E-state index in [1.165, 1.54) is 0 Å². The summed E-state index contributed by atoms with van der Waals surface area (Å²) in [6, 6.07) is 0.209. The highest BCUT2D eigenvalue weighted by Gasteiger charge is 2.51. The molecule has 3 atom stereocenters. The molecule has 0 spiro atoms. The van der Waals surface area contributed by atoms with Crippen LogP contribution in [-0.2, 0) is 4.74 Å². The van der Waals surface area contributed by atoms with Gasteiger partial charge in [-0.15, -0.1) is 0 Å². The fourth-order valence-corrected chi connectivity index (χ4v) is 3.82. The molecule has 2 fully saturated rings. The topological polar surface area (TPSA) is 35.9 Å². The maximum absolute atomic E-state index is 10.9. The fraction of sp³-hybridized carbons (Fsp3) is 1.00. The van der Waals surface area contributed by atoms with Gasteiger partial charge in [0.1, 0.15) is 0 Å². The van der Waals surface area contributed by atoms with Gasteiger partial charge in [-0.1, -0.05) is 0 Å². The molecular formula is C15H30N2O2. The molecule has 0 saturated carbocycles. The third-order valence-corrected chi connectivity index (χ3v) is 4.85. The van der Waals surface area contributed by atoms with Crippen LogP contribution in [0.5, 0.6) is 0 Å².